The van der Waals surface area contributed by atoms with Crippen molar-refractivity contribution in [2.24, 2.45) is 0 Å². The fourth-order valence-electron chi connectivity index (χ4n) is 3.03. The first-order valence-corrected chi connectivity index (χ1v) is 9.23. The van der Waals surface area contributed by atoms with Crippen LogP contribution in [0.25, 0.3) is 21.9 Å². The summed E-state index contributed by atoms with van der Waals surface area (Å²) in [6.45, 7) is 0.412. The van der Waals surface area contributed by atoms with Crippen LogP contribution in [-0.4, -0.2) is 0 Å². The van der Waals surface area contributed by atoms with Gasteiger partial charge >= 0.3 is 5.15 Å². The zero-order valence-electron chi connectivity index (χ0n) is 14.4. The molecule has 5 heteroatoms. The maximum atomic E-state index is 6.41. The van der Waals surface area contributed by atoms with Crippen LogP contribution >= 0.6 is 23.2 Å². The summed E-state index contributed by atoms with van der Waals surface area (Å²) >= 11 is 12.5. The molecule has 134 valence electrons. The Bertz CT molecular complexity index is 1110. The van der Waals surface area contributed by atoms with Gasteiger partial charge in [0.2, 0.25) is 11.9 Å². The van der Waals surface area contributed by atoms with E-state index in [0.29, 0.717) is 22.5 Å². The van der Waals surface area contributed by atoms with Gasteiger partial charge in [-0.3, -0.25) is 0 Å². The van der Waals surface area contributed by atoms with Crippen molar-refractivity contribution in [3.63, 3.8) is 0 Å². The number of benzene rings is 3. The smallest absolute Gasteiger partial charge is 0.346 e. The summed E-state index contributed by atoms with van der Waals surface area (Å²) in [5.41, 5.74) is 3.14. The lowest BCUT2D eigenvalue weighted by molar-refractivity contribution is -0.635. The van der Waals surface area contributed by atoms with E-state index in [1.165, 1.54) is 4.68 Å². The Labute approximate surface area is 167 Å². The van der Waals surface area contributed by atoms with Crippen molar-refractivity contribution < 1.29 is 9.41 Å². The van der Waals surface area contributed by atoms with Crippen molar-refractivity contribution in [3.05, 3.63) is 94.7 Å². The molecule has 0 saturated heterocycles. The summed E-state index contributed by atoms with van der Waals surface area (Å²) in [6, 6.07) is 23.8. The van der Waals surface area contributed by atoms with E-state index < -0.39 is 0 Å². The third-order valence-corrected chi connectivity index (χ3v) is 4.97. The van der Waals surface area contributed by atoms with E-state index in [1.54, 1.807) is 6.20 Å². The molecular formula is C22H17Cl2N2O+. The molecular weight excluding hydrogens is 379 g/mol. The number of pyridine rings is 1. The second-order valence-corrected chi connectivity index (χ2v) is 7.04. The van der Waals surface area contributed by atoms with Gasteiger partial charge < -0.3 is 4.74 Å². The molecule has 1 heterocycles. The highest BCUT2D eigenvalue weighted by Crippen LogP contribution is 2.34. The van der Waals surface area contributed by atoms with Gasteiger partial charge in [-0.25, -0.2) is 5.84 Å². The monoisotopic (exact) mass is 395 g/mol. The number of nitrogen functional groups attached to an aromatic ring is 1. The quantitative estimate of drug-likeness (QED) is 0.285. The van der Waals surface area contributed by atoms with Crippen molar-refractivity contribution in [3.8, 4) is 16.9 Å². The molecule has 4 aromatic rings. The third kappa shape index (κ3) is 3.70. The van der Waals surface area contributed by atoms with Crippen molar-refractivity contribution in [1.29, 1.82) is 0 Å². The van der Waals surface area contributed by atoms with Crippen LogP contribution in [0.4, 0.5) is 0 Å². The maximum Gasteiger partial charge on any atom is 0.346 e. The van der Waals surface area contributed by atoms with Crippen molar-refractivity contribution >= 4 is 34.0 Å². The Hall–Kier alpha value is -2.75. The lowest BCUT2D eigenvalue weighted by Crippen LogP contribution is -2.45. The van der Waals surface area contributed by atoms with Crippen LogP contribution in [0, 0.1) is 0 Å². The molecule has 27 heavy (non-hydrogen) atoms. The van der Waals surface area contributed by atoms with Crippen LogP contribution in [0.5, 0.6) is 5.75 Å². The molecule has 0 aliphatic heterocycles. The van der Waals surface area contributed by atoms with Crippen molar-refractivity contribution in [2.75, 3.05) is 5.84 Å². The molecule has 0 bridgehead atoms. The van der Waals surface area contributed by atoms with Gasteiger partial charge in [-0.05, 0) is 52.6 Å². The van der Waals surface area contributed by atoms with E-state index in [9.17, 15) is 0 Å². The predicted molar refractivity (Wildman–Crippen MR) is 111 cm³/mol. The van der Waals surface area contributed by atoms with Gasteiger partial charge in [0.15, 0.2) is 0 Å². The van der Waals surface area contributed by atoms with Crippen LogP contribution in [0.2, 0.25) is 10.2 Å². The number of hydrogen-bond donors (Lipinski definition) is 1. The third-order valence-electron chi connectivity index (χ3n) is 4.37. The number of fused-ring (bicyclic) bond motifs is 1. The Morgan fingerprint density at radius 1 is 0.852 bits per heavy atom. The van der Waals surface area contributed by atoms with E-state index in [0.717, 1.165) is 27.5 Å². The minimum Gasteiger partial charge on any atom is -0.481 e. The Morgan fingerprint density at radius 2 is 1.63 bits per heavy atom. The molecule has 0 atom stereocenters. The van der Waals surface area contributed by atoms with Gasteiger partial charge in [-0.15, -0.1) is 0 Å². The number of aromatic nitrogens is 1. The molecule has 0 spiro atoms. The second kappa shape index (κ2) is 7.47. The first-order valence-electron chi connectivity index (χ1n) is 8.47. The summed E-state index contributed by atoms with van der Waals surface area (Å²) < 4.78 is 7.41. The first-order chi connectivity index (χ1) is 13.1. The maximum absolute atomic E-state index is 6.41. The van der Waals surface area contributed by atoms with E-state index in [4.69, 9.17) is 33.8 Å². The van der Waals surface area contributed by atoms with Gasteiger partial charge in [-0.1, -0.05) is 64.8 Å². The lowest BCUT2D eigenvalue weighted by atomic mass is 10.0. The first kappa shape index (κ1) is 17.7. The fraction of sp³-hybridized carbons (Fsp3) is 0.0455. The van der Waals surface area contributed by atoms with E-state index >= 15 is 0 Å². The molecule has 0 fully saturated rings. The molecule has 3 nitrogen and oxygen atoms in total. The van der Waals surface area contributed by atoms with E-state index in [-0.39, 0.29) is 0 Å². The van der Waals surface area contributed by atoms with Gasteiger partial charge in [0.1, 0.15) is 6.61 Å². The summed E-state index contributed by atoms with van der Waals surface area (Å²) in [5.74, 6) is 6.62. The van der Waals surface area contributed by atoms with Crippen LogP contribution in [0.3, 0.4) is 0 Å². The lowest BCUT2D eigenvalue weighted by Gasteiger charge is -2.10. The second-order valence-electron chi connectivity index (χ2n) is 6.24. The highest BCUT2D eigenvalue weighted by molar-refractivity contribution is 6.31. The highest BCUT2D eigenvalue weighted by atomic mass is 35.5. The van der Waals surface area contributed by atoms with Crippen LogP contribution in [0.1, 0.15) is 5.56 Å². The molecule has 0 aliphatic carbocycles. The molecule has 0 saturated carbocycles. The van der Waals surface area contributed by atoms with Gasteiger partial charge in [0.25, 0.3) is 0 Å². The van der Waals surface area contributed by atoms with Crippen LogP contribution < -0.4 is 15.3 Å². The summed E-state index contributed by atoms with van der Waals surface area (Å²) in [7, 11) is 0. The highest BCUT2D eigenvalue weighted by Gasteiger charge is 2.19. The van der Waals surface area contributed by atoms with Crippen molar-refractivity contribution in [2.45, 2.75) is 6.61 Å². The van der Waals surface area contributed by atoms with Crippen LogP contribution in [0.15, 0.2) is 79.0 Å². The fourth-order valence-corrected chi connectivity index (χ4v) is 3.42. The van der Waals surface area contributed by atoms with Gasteiger partial charge in [-0.2, -0.15) is 0 Å². The molecule has 0 radical (unpaired) electrons. The van der Waals surface area contributed by atoms with E-state index in [1.807, 2.05) is 66.7 Å². The molecule has 2 N–H and O–H groups in total. The number of nitrogens with two attached hydrogens (primary N) is 1. The SMILES string of the molecule is N[n+]1cc2cc(-c3cccc(Cl)c3)ccc2c(OCc2ccccc2)c1Cl. The normalized spacial score (nSPS) is 10.9. The predicted octanol–water partition coefficient (Wildman–Crippen LogP) is 5.39. The standard InChI is InChI=1S/C22H17Cl2N2O/c23-19-8-4-7-16(12-19)17-9-10-20-18(11-17)13-26(25)22(24)21(20)27-14-15-5-2-1-3-6-15/h1-13H,14,25H2/q+1. The molecule has 4 rings (SSSR count). The number of halogens is 2. The average molecular weight is 396 g/mol. The number of hydrogen-bond acceptors (Lipinski definition) is 2. The molecule has 0 aliphatic rings. The zero-order chi connectivity index (χ0) is 18.8. The van der Waals surface area contributed by atoms with Gasteiger partial charge in [0, 0.05) is 10.4 Å². The Balaban J connectivity index is 1.76. The number of ether oxygens (including phenoxy) is 1. The molecule has 0 unspecified atom stereocenters. The number of rotatable bonds is 4. The van der Waals surface area contributed by atoms with Gasteiger partial charge in [0.05, 0.1) is 5.39 Å². The Kier molecular flexibility index (Phi) is 4.88. The topological polar surface area (TPSA) is 39.1 Å². The summed E-state index contributed by atoms with van der Waals surface area (Å²) in [4.78, 5) is 0. The summed E-state index contributed by atoms with van der Waals surface area (Å²) in [6.07, 6.45) is 1.79. The minimum atomic E-state index is 0.355. The molecule has 1 aromatic heterocycles. The zero-order valence-corrected chi connectivity index (χ0v) is 15.9. The molecule has 3 aromatic carbocycles. The van der Waals surface area contributed by atoms with Crippen LogP contribution in [-0.2, 0) is 6.61 Å². The van der Waals surface area contributed by atoms with E-state index in [2.05, 4.69) is 6.07 Å². The largest absolute Gasteiger partial charge is 0.481 e. The molecule has 0 amide bonds. The number of nitrogens with zero attached hydrogens (tertiary/aromatic N) is 1. The van der Waals surface area contributed by atoms with Crippen molar-refractivity contribution in [1.82, 2.24) is 0 Å². The average Bonchev–Trinajstić information content (AvgIpc) is 2.69. The Morgan fingerprint density at radius 3 is 2.41 bits per heavy atom. The summed E-state index contributed by atoms with van der Waals surface area (Å²) in [5, 5.41) is 2.89. The minimum absolute atomic E-state index is 0.355.